The Hall–Kier alpha value is -3.51. The molecule has 0 bridgehead atoms. The van der Waals surface area contributed by atoms with Gasteiger partial charge in [-0.2, -0.15) is 0 Å². The van der Waals surface area contributed by atoms with Crippen LogP contribution in [0.2, 0.25) is 0 Å². The van der Waals surface area contributed by atoms with Crippen molar-refractivity contribution >= 4 is 29.0 Å². The van der Waals surface area contributed by atoms with Crippen molar-refractivity contribution < 1.29 is 9.59 Å². The SMILES string of the molecule is NC(=O)C[C@@H](CCc1ccccc1)C(=O)N[C@@H](Cc1ccccc1)C(=S)NCCCc1ccccc1. The standard InChI is InChI=1S/C30H35N3O2S/c31-28(34)22-26(19-18-24-13-6-2-7-14-24)29(35)33-27(21-25-15-8-3-9-16-25)30(36)32-20-10-17-23-11-4-1-5-12-23/h1-9,11-16,26-27H,10,17-22H2,(H2,31,34)(H,32,36)(H,33,35)/t26-,27+/m1/s1. The monoisotopic (exact) mass is 501 g/mol. The highest BCUT2D eigenvalue weighted by molar-refractivity contribution is 7.80. The molecule has 3 aromatic carbocycles. The summed E-state index contributed by atoms with van der Waals surface area (Å²) in [5.74, 6) is -1.19. The quantitative estimate of drug-likeness (QED) is 0.226. The molecule has 0 saturated heterocycles. The van der Waals surface area contributed by atoms with Crippen molar-refractivity contribution in [3.63, 3.8) is 0 Å². The van der Waals surface area contributed by atoms with Gasteiger partial charge in [-0.3, -0.25) is 9.59 Å². The molecule has 0 spiro atoms. The van der Waals surface area contributed by atoms with Gasteiger partial charge < -0.3 is 16.4 Å². The molecule has 0 aromatic heterocycles. The van der Waals surface area contributed by atoms with Gasteiger partial charge in [-0.25, -0.2) is 0 Å². The number of thiocarbonyl (C=S) groups is 1. The number of hydrogen-bond acceptors (Lipinski definition) is 3. The molecule has 3 rings (SSSR count). The van der Waals surface area contributed by atoms with E-state index < -0.39 is 11.8 Å². The number of nitrogens with two attached hydrogens (primary N) is 1. The van der Waals surface area contributed by atoms with Crippen LogP contribution in [0.25, 0.3) is 0 Å². The van der Waals surface area contributed by atoms with Crippen LogP contribution in [0.15, 0.2) is 91.0 Å². The zero-order valence-electron chi connectivity index (χ0n) is 20.6. The number of carbonyl (C=O) groups is 2. The van der Waals surface area contributed by atoms with Crippen LogP contribution in [-0.2, 0) is 28.9 Å². The van der Waals surface area contributed by atoms with E-state index in [-0.39, 0.29) is 18.4 Å². The maximum Gasteiger partial charge on any atom is 0.224 e. The molecule has 2 amide bonds. The van der Waals surface area contributed by atoms with Crippen molar-refractivity contribution in [2.45, 2.75) is 44.6 Å². The summed E-state index contributed by atoms with van der Waals surface area (Å²) >= 11 is 5.72. The van der Waals surface area contributed by atoms with Crippen LogP contribution < -0.4 is 16.4 Å². The molecule has 36 heavy (non-hydrogen) atoms. The molecular weight excluding hydrogens is 466 g/mol. The van der Waals surface area contributed by atoms with Crippen LogP contribution in [0.3, 0.4) is 0 Å². The average Bonchev–Trinajstić information content (AvgIpc) is 2.90. The molecule has 0 fully saturated rings. The van der Waals surface area contributed by atoms with E-state index >= 15 is 0 Å². The lowest BCUT2D eigenvalue weighted by Crippen LogP contribution is -2.49. The minimum atomic E-state index is -0.512. The third-order valence-corrected chi connectivity index (χ3v) is 6.57. The Morgan fingerprint density at radius 3 is 1.86 bits per heavy atom. The van der Waals surface area contributed by atoms with Crippen molar-refractivity contribution in [3.05, 3.63) is 108 Å². The molecule has 2 atom stereocenters. The van der Waals surface area contributed by atoms with Crippen LogP contribution in [-0.4, -0.2) is 29.4 Å². The Balaban J connectivity index is 1.62. The smallest absolute Gasteiger partial charge is 0.224 e. The van der Waals surface area contributed by atoms with E-state index in [1.807, 2.05) is 78.9 Å². The molecule has 0 aliphatic heterocycles. The molecular formula is C30H35N3O2S. The number of hydrogen-bond donors (Lipinski definition) is 3. The molecule has 0 radical (unpaired) electrons. The van der Waals surface area contributed by atoms with Gasteiger partial charge in [-0.15, -0.1) is 0 Å². The Morgan fingerprint density at radius 2 is 1.31 bits per heavy atom. The molecule has 0 aliphatic rings. The first-order valence-electron chi connectivity index (χ1n) is 12.5. The maximum atomic E-state index is 13.3. The van der Waals surface area contributed by atoms with E-state index in [0.717, 1.165) is 24.0 Å². The molecule has 3 aromatic rings. The average molecular weight is 502 g/mol. The Kier molecular flexibility index (Phi) is 11.1. The molecule has 0 saturated carbocycles. The van der Waals surface area contributed by atoms with Crippen LogP contribution in [0.5, 0.6) is 0 Å². The van der Waals surface area contributed by atoms with Crippen molar-refractivity contribution in [1.29, 1.82) is 0 Å². The van der Waals surface area contributed by atoms with Crippen LogP contribution in [0.4, 0.5) is 0 Å². The third kappa shape index (κ3) is 9.62. The van der Waals surface area contributed by atoms with Gasteiger partial charge in [0.25, 0.3) is 0 Å². The summed E-state index contributed by atoms with van der Waals surface area (Å²) in [5.41, 5.74) is 8.97. The fourth-order valence-electron chi connectivity index (χ4n) is 4.17. The number of amides is 2. The van der Waals surface area contributed by atoms with E-state index in [1.165, 1.54) is 5.56 Å². The molecule has 6 heteroatoms. The van der Waals surface area contributed by atoms with E-state index in [4.69, 9.17) is 18.0 Å². The van der Waals surface area contributed by atoms with Crippen LogP contribution >= 0.6 is 12.2 Å². The summed E-state index contributed by atoms with van der Waals surface area (Å²) in [6, 6.07) is 29.8. The highest BCUT2D eigenvalue weighted by Crippen LogP contribution is 2.15. The van der Waals surface area contributed by atoms with Gasteiger partial charge in [0, 0.05) is 18.9 Å². The van der Waals surface area contributed by atoms with Crippen LogP contribution in [0, 0.1) is 5.92 Å². The van der Waals surface area contributed by atoms with Gasteiger partial charge in [0.1, 0.15) is 0 Å². The lowest BCUT2D eigenvalue weighted by molar-refractivity contribution is -0.129. The minimum Gasteiger partial charge on any atom is -0.378 e. The van der Waals surface area contributed by atoms with Gasteiger partial charge in [0.15, 0.2) is 0 Å². The van der Waals surface area contributed by atoms with Gasteiger partial charge in [0.05, 0.1) is 11.0 Å². The number of rotatable bonds is 14. The predicted octanol–water partition coefficient (Wildman–Crippen LogP) is 4.39. The second-order valence-corrected chi connectivity index (χ2v) is 9.46. The first kappa shape index (κ1) is 27.1. The topological polar surface area (TPSA) is 84.2 Å². The van der Waals surface area contributed by atoms with Crippen molar-refractivity contribution in [1.82, 2.24) is 10.6 Å². The predicted molar refractivity (Wildman–Crippen MR) is 150 cm³/mol. The maximum absolute atomic E-state index is 13.3. The first-order chi connectivity index (χ1) is 17.5. The number of carbonyl (C=O) groups excluding carboxylic acids is 2. The Labute approximate surface area is 219 Å². The lowest BCUT2D eigenvalue weighted by Gasteiger charge is -2.24. The van der Waals surface area contributed by atoms with Crippen molar-refractivity contribution in [2.75, 3.05) is 6.54 Å². The van der Waals surface area contributed by atoms with Crippen molar-refractivity contribution in [2.24, 2.45) is 11.7 Å². The Bertz CT molecular complexity index is 1090. The summed E-state index contributed by atoms with van der Waals surface area (Å²) in [4.78, 5) is 25.6. The highest BCUT2D eigenvalue weighted by Gasteiger charge is 2.25. The lowest BCUT2D eigenvalue weighted by atomic mass is 9.94. The molecule has 0 aliphatic carbocycles. The van der Waals surface area contributed by atoms with Gasteiger partial charge >= 0.3 is 0 Å². The minimum absolute atomic E-state index is 0.00793. The molecule has 0 heterocycles. The third-order valence-electron chi connectivity index (χ3n) is 6.14. The van der Waals surface area contributed by atoms with E-state index in [9.17, 15) is 9.59 Å². The van der Waals surface area contributed by atoms with E-state index in [1.54, 1.807) is 0 Å². The van der Waals surface area contributed by atoms with Gasteiger partial charge in [-0.1, -0.05) is 103 Å². The summed E-state index contributed by atoms with van der Waals surface area (Å²) in [7, 11) is 0. The Morgan fingerprint density at radius 1 is 0.778 bits per heavy atom. The van der Waals surface area contributed by atoms with Gasteiger partial charge in [-0.05, 0) is 48.8 Å². The molecule has 188 valence electrons. The van der Waals surface area contributed by atoms with Crippen molar-refractivity contribution in [3.8, 4) is 0 Å². The van der Waals surface area contributed by atoms with Crippen LogP contribution in [0.1, 0.15) is 36.0 Å². The summed E-state index contributed by atoms with van der Waals surface area (Å²) in [6.07, 6.45) is 3.68. The largest absolute Gasteiger partial charge is 0.378 e. The first-order valence-corrected chi connectivity index (χ1v) is 12.9. The second kappa shape index (κ2) is 14.8. The zero-order chi connectivity index (χ0) is 25.6. The fraction of sp³-hybridized carbons (Fsp3) is 0.300. The normalized spacial score (nSPS) is 12.3. The summed E-state index contributed by atoms with van der Waals surface area (Å²) < 4.78 is 0. The summed E-state index contributed by atoms with van der Waals surface area (Å²) in [5, 5.41) is 6.46. The van der Waals surface area contributed by atoms with Gasteiger partial charge in [0.2, 0.25) is 11.8 Å². The summed E-state index contributed by atoms with van der Waals surface area (Å²) in [6.45, 7) is 0.716. The van der Waals surface area contributed by atoms with E-state index in [0.29, 0.717) is 30.8 Å². The fourth-order valence-corrected chi connectivity index (χ4v) is 4.42. The molecule has 5 nitrogen and oxygen atoms in total. The number of primary amides is 1. The molecule has 0 unspecified atom stereocenters. The molecule has 4 N–H and O–H groups in total. The zero-order valence-corrected chi connectivity index (χ0v) is 21.4. The number of aryl methyl sites for hydroxylation is 2. The second-order valence-electron chi connectivity index (χ2n) is 9.02. The van der Waals surface area contributed by atoms with E-state index in [2.05, 4.69) is 22.8 Å². The number of benzene rings is 3. The number of nitrogens with one attached hydrogen (secondary N) is 2. The highest BCUT2D eigenvalue weighted by atomic mass is 32.1.